The first-order chi connectivity index (χ1) is 9.67. The highest BCUT2D eigenvalue weighted by Crippen LogP contribution is 2.12. The van der Waals surface area contributed by atoms with Crippen LogP contribution in [0.25, 0.3) is 6.08 Å². The summed E-state index contributed by atoms with van der Waals surface area (Å²) >= 11 is 5.60. The average molecular weight is 290 g/mol. The van der Waals surface area contributed by atoms with Crippen molar-refractivity contribution in [2.45, 2.75) is 0 Å². The fourth-order valence-corrected chi connectivity index (χ4v) is 1.53. The minimum absolute atomic E-state index is 0.275. The van der Waals surface area contributed by atoms with E-state index in [1.807, 2.05) is 24.3 Å². The van der Waals surface area contributed by atoms with E-state index in [2.05, 4.69) is 15.3 Å². The fourth-order valence-electron chi connectivity index (χ4n) is 1.43. The average Bonchev–Trinajstić information content (AvgIpc) is 2.48. The van der Waals surface area contributed by atoms with E-state index in [4.69, 9.17) is 16.3 Å². The zero-order valence-electron chi connectivity index (χ0n) is 10.7. The van der Waals surface area contributed by atoms with Gasteiger partial charge in [0.05, 0.1) is 19.5 Å². The Morgan fingerprint density at radius 3 is 2.60 bits per heavy atom. The zero-order chi connectivity index (χ0) is 14.4. The minimum atomic E-state index is -0.294. The van der Waals surface area contributed by atoms with Crippen LogP contribution in [0.1, 0.15) is 5.56 Å². The molecule has 1 N–H and O–H groups in total. The second-order valence-electron chi connectivity index (χ2n) is 3.82. The maximum absolute atomic E-state index is 11.7. The number of carbonyl (C=O) groups is 1. The minimum Gasteiger partial charge on any atom is -0.497 e. The molecule has 1 heterocycles. The summed E-state index contributed by atoms with van der Waals surface area (Å²) in [7, 11) is 1.60. The molecule has 0 atom stereocenters. The number of halogens is 1. The molecular weight excluding hydrogens is 278 g/mol. The molecule has 5 nitrogen and oxygen atoms in total. The molecule has 0 bridgehead atoms. The van der Waals surface area contributed by atoms with E-state index in [1.165, 1.54) is 18.5 Å². The SMILES string of the molecule is COc1ccc(/C=C/C(=O)Nc2cnc(Cl)cn2)cc1. The van der Waals surface area contributed by atoms with E-state index >= 15 is 0 Å². The van der Waals surface area contributed by atoms with Crippen LogP contribution in [0, 0.1) is 0 Å². The van der Waals surface area contributed by atoms with Gasteiger partial charge in [0.2, 0.25) is 5.91 Å². The molecule has 0 fully saturated rings. The smallest absolute Gasteiger partial charge is 0.249 e. The first-order valence-corrected chi connectivity index (χ1v) is 6.16. The summed E-state index contributed by atoms with van der Waals surface area (Å²) in [6.07, 6.45) is 5.86. The van der Waals surface area contributed by atoms with Gasteiger partial charge in [0.25, 0.3) is 0 Å². The summed E-state index contributed by atoms with van der Waals surface area (Å²) in [6, 6.07) is 7.35. The van der Waals surface area contributed by atoms with Crippen LogP contribution in [0.5, 0.6) is 5.75 Å². The number of amides is 1. The number of aromatic nitrogens is 2. The van der Waals surface area contributed by atoms with Gasteiger partial charge in [-0.2, -0.15) is 0 Å². The standard InChI is InChI=1S/C14H12ClN3O2/c1-20-11-5-2-10(3-6-11)4-7-14(19)18-13-9-16-12(15)8-17-13/h2-9H,1H3,(H,17,18,19)/b7-4+. The van der Waals surface area contributed by atoms with E-state index in [1.54, 1.807) is 13.2 Å². The van der Waals surface area contributed by atoms with Crippen molar-refractivity contribution in [3.8, 4) is 5.75 Å². The molecule has 2 rings (SSSR count). The van der Waals surface area contributed by atoms with Crippen molar-refractivity contribution in [1.82, 2.24) is 9.97 Å². The second kappa shape index (κ2) is 6.68. The van der Waals surface area contributed by atoms with Crippen molar-refractivity contribution in [3.63, 3.8) is 0 Å². The number of anilines is 1. The van der Waals surface area contributed by atoms with Crippen LogP contribution in [0.3, 0.4) is 0 Å². The number of rotatable bonds is 4. The summed E-state index contributed by atoms with van der Waals surface area (Å²) in [5.41, 5.74) is 0.892. The van der Waals surface area contributed by atoms with Crippen LogP contribution in [0.2, 0.25) is 5.15 Å². The van der Waals surface area contributed by atoms with Gasteiger partial charge in [-0.1, -0.05) is 23.7 Å². The Balaban J connectivity index is 1.96. The van der Waals surface area contributed by atoms with Crippen molar-refractivity contribution >= 4 is 29.4 Å². The van der Waals surface area contributed by atoms with Gasteiger partial charge in [0.15, 0.2) is 5.82 Å². The van der Waals surface area contributed by atoms with E-state index < -0.39 is 0 Å². The number of hydrogen-bond donors (Lipinski definition) is 1. The molecule has 0 saturated heterocycles. The molecular formula is C14H12ClN3O2. The van der Waals surface area contributed by atoms with Crippen molar-refractivity contribution in [3.05, 3.63) is 53.5 Å². The quantitative estimate of drug-likeness (QED) is 0.879. The molecule has 1 amide bonds. The van der Waals surface area contributed by atoms with Crippen LogP contribution in [0.4, 0.5) is 5.82 Å². The van der Waals surface area contributed by atoms with Crippen molar-refractivity contribution in [1.29, 1.82) is 0 Å². The molecule has 1 aromatic heterocycles. The molecule has 0 radical (unpaired) electrons. The Morgan fingerprint density at radius 1 is 1.25 bits per heavy atom. The van der Waals surface area contributed by atoms with E-state index in [9.17, 15) is 4.79 Å². The van der Waals surface area contributed by atoms with Crippen molar-refractivity contribution in [2.75, 3.05) is 12.4 Å². The number of ether oxygens (including phenoxy) is 1. The number of nitrogens with one attached hydrogen (secondary N) is 1. The highest BCUT2D eigenvalue weighted by Gasteiger charge is 1.99. The van der Waals surface area contributed by atoms with Gasteiger partial charge in [0, 0.05) is 6.08 Å². The molecule has 0 aliphatic heterocycles. The number of benzene rings is 1. The number of methoxy groups -OCH3 is 1. The molecule has 0 unspecified atom stereocenters. The molecule has 102 valence electrons. The molecule has 0 aliphatic rings. The monoisotopic (exact) mass is 289 g/mol. The van der Waals surface area contributed by atoms with E-state index in [0.717, 1.165) is 11.3 Å². The first kappa shape index (κ1) is 14.0. The van der Waals surface area contributed by atoms with Gasteiger partial charge in [-0.15, -0.1) is 0 Å². The molecule has 20 heavy (non-hydrogen) atoms. The van der Waals surface area contributed by atoms with Gasteiger partial charge in [-0.3, -0.25) is 4.79 Å². The van der Waals surface area contributed by atoms with Gasteiger partial charge in [0.1, 0.15) is 10.9 Å². The lowest BCUT2D eigenvalue weighted by molar-refractivity contribution is -0.111. The first-order valence-electron chi connectivity index (χ1n) is 5.78. The second-order valence-corrected chi connectivity index (χ2v) is 4.21. The third-order valence-corrected chi connectivity index (χ3v) is 2.61. The highest BCUT2D eigenvalue weighted by molar-refractivity contribution is 6.29. The van der Waals surface area contributed by atoms with Crippen LogP contribution in [0.15, 0.2) is 42.7 Å². The maximum Gasteiger partial charge on any atom is 0.249 e. The lowest BCUT2D eigenvalue weighted by Gasteiger charge is -2.00. The predicted octanol–water partition coefficient (Wildman–Crippen LogP) is 2.79. The maximum atomic E-state index is 11.7. The summed E-state index contributed by atoms with van der Waals surface area (Å²) in [4.78, 5) is 19.4. The summed E-state index contributed by atoms with van der Waals surface area (Å²) in [6.45, 7) is 0. The Bertz CT molecular complexity index is 609. The van der Waals surface area contributed by atoms with Crippen molar-refractivity contribution in [2.24, 2.45) is 0 Å². The zero-order valence-corrected chi connectivity index (χ0v) is 11.5. The van der Waals surface area contributed by atoms with Crippen LogP contribution in [-0.4, -0.2) is 23.0 Å². The number of carbonyl (C=O) groups excluding carboxylic acids is 1. The summed E-state index contributed by atoms with van der Waals surface area (Å²) in [5, 5.41) is 2.85. The van der Waals surface area contributed by atoms with Gasteiger partial charge < -0.3 is 10.1 Å². The normalized spacial score (nSPS) is 10.5. The van der Waals surface area contributed by atoms with E-state index in [0.29, 0.717) is 5.82 Å². The third kappa shape index (κ3) is 4.07. The van der Waals surface area contributed by atoms with Gasteiger partial charge in [-0.25, -0.2) is 9.97 Å². The van der Waals surface area contributed by atoms with Gasteiger partial charge >= 0.3 is 0 Å². The Morgan fingerprint density at radius 2 is 2.00 bits per heavy atom. The topological polar surface area (TPSA) is 64.1 Å². The Kier molecular flexibility index (Phi) is 4.68. The lowest BCUT2D eigenvalue weighted by atomic mass is 10.2. The number of hydrogen-bond acceptors (Lipinski definition) is 4. The van der Waals surface area contributed by atoms with E-state index in [-0.39, 0.29) is 11.1 Å². The lowest BCUT2D eigenvalue weighted by Crippen LogP contribution is -2.09. The van der Waals surface area contributed by atoms with Gasteiger partial charge in [-0.05, 0) is 23.8 Å². The Hall–Kier alpha value is -2.40. The molecule has 6 heteroatoms. The third-order valence-electron chi connectivity index (χ3n) is 2.41. The molecule has 0 aliphatic carbocycles. The fraction of sp³-hybridized carbons (Fsp3) is 0.0714. The van der Waals surface area contributed by atoms with Crippen LogP contribution in [-0.2, 0) is 4.79 Å². The summed E-state index contributed by atoms with van der Waals surface area (Å²) < 4.78 is 5.05. The van der Waals surface area contributed by atoms with Crippen LogP contribution < -0.4 is 10.1 Å². The Labute approximate surface area is 121 Å². The van der Waals surface area contributed by atoms with Crippen molar-refractivity contribution < 1.29 is 9.53 Å². The molecule has 0 saturated carbocycles. The summed E-state index contributed by atoms with van der Waals surface area (Å²) in [5.74, 6) is 0.819. The molecule has 1 aromatic carbocycles. The predicted molar refractivity (Wildman–Crippen MR) is 77.7 cm³/mol. The highest BCUT2D eigenvalue weighted by atomic mass is 35.5. The number of nitrogens with zero attached hydrogens (tertiary/aromatic N) is 2. The molecule has 0 spiro atoms. The molecule has 2 aromatic rings. The van der Waals surface area contributed by atoms with Crippen LogP contribution >= 0.6 is 11.6 Å². The largest absolute Gasteiger partial charge is 0.497 e.